The summed E-state index contributed by atoms with van der Waals surface area (Å²) in [5.41, 5.74) is 13.6. The van der Waals surface area contributed by atoms with Crippen LogP contribution in [-0.4, -0.2) is 11.2 Å². The maximum atomic E-state index is 6.52. The van der Waals surface area contributed by atoms with Crippen LogP contribution < -0.4 is 16.2 Å². The summed E-state index contributed by atoms with van der Waals surface area (Å²) in [6.45, 7) is 0. The molecule has 0 saturated carbocycles. The maximum absolute atomic E-state index is 6.52. The molecule has 0 fully saturated rings. The zero-order valence-corrected chi connectivity index (χ0v) is 11.7. The number of hydrogen-bond acceptors (Lipinski definition) is 4. The fraction of sp³-hybridized carbons (Fsp3) is 0.154. The first-order valence-corrected chi connectivity index (χ1v) is 6.62. The molecule has 0 bridgehead atoms. The molecule has 0 saturated heterocycles. The number of nitrogens with zero attached hydrogens (tertiary/aromatic N) is 1. The lowest BCUT2D eigenvalue weighted by atomic mass is 9.84. The molecule has 18 heavy (non-hydrogen) atoms. The third kappa shape index (κ3) is 1.62. The second-order valence-electron chi connectivity index (χ2n) is 4.29. The summed E-state index contributed by atoms with van der Waals surface area (Å²) in [6, 6.07) is 9.85. The molecule has 2 aromatic rings. The van der Waals surface area contributed by atoms with Gasteiger partial charge in [-0.3, -0.25) is 10.7 Å². The van der Waals surface area contributed by atoms with E-state index < -0.39 is 11.8 Å². The van der Waals surface area contributed by atoms with Crippen molar-refractivity contribution in [2.75, 3.05) is 0 Å². The van der Waals surface area contributed by atoms with Gasteiger partial charge in [0.1, 0.15) is 11.3 Å². The van der Waals surface area contributed by atoms with Gasteiger partial charge in [-0.25, -0.2) is 0 Å². The lowest BCUT2D eigenvalue weighted by Gasteiger charge is -2.28. The number of rotatable bonds is 1. The van der Waals surface area contributed by atoms with E-state index in [1.54, 1.807) is 12.4 Å². The Balaban J connectivity index is 2.20. The Kier molecular flexibility index (Phi) is 2.76. The molecule has 1 aliphatic rings. The van der Waals surface area contributed by atoms with Crippen molar-refractivity contribution in [3.63, 3.8) is 0 Å². The van der Waals surface area contributed by atoms with Crippen LogP contribution in [0, 0.1) is 3.57 Å². The van der Waals surface area contributed by atoms with Crippen LogP contribution >= 0.6 is 22.6 Å². The van der Waals surface area contributed by atoms with Crippen LogP contribution in [-0.2, 0) is 5.54 Å². The fourth-order valence-electron chi connectivity index (χ4n) is 2.26. The molecule has 92 valence electrons. The van der Waals surface area contributed by atoms with Crippen molar-refractivity contribution in [3.8, 4) is 5.75 Å². The van der Waals surface area contributed by atoms with E-state index in [1.807, 2.05) is 30.3 Å². The minimum atomic E-state index is -0.820. The Morgan fingerprint density at radius 3 is 2.94 bits per heavy atom. The van der Waals surface area contributed by atoms with Gasteiger partial charge in [-0.1, -0.05) is 12.1 Å². The van der Waals surface area contributed by atoms with E-state index in [0.29, 0.717) is 5.75 Å². The van der Waals surface area contributed by atoms with Crippen LogP contribution in [0.4, 0.5) is 0 Å². The number of nitrogens with two attached hydrogens (primary N) is 2. The van der Waals surface area contributed by atoms with Gasteiger partial charge >= 0.3 is 0 Å². The first-order chi connectivity index (χ1) is 8.62. The SMILES string of the molecule is NC1Oc2cnccc2C1(N)c1cccc(I)c1. The summed E-state index contributed by atoms with van der Waals surface area (Å²) in [4.78, 5) is 4.03. The molecule has 1 aromatic carbocycles. The number of aromatic nitrogens is 1. The first-order valence-electron chi connectivity index (χ1n) is 5.54. The summed E-state index contributed by atoms with van der Waals surface area (Å²) < 4.78 is 6.72. The maximum Gasteiger partial charge on any atom is 0.174 e. The van der Waals surface area contributed by atoms with Gasteiger partial charge in [-0.15, -0.1) is 0 Å². The predicted molar refractivity (Wildman–Crippen MR) is 77.0 cm³/mol. The zero-order chi connectivity index (χ0) is 12.8. The third-order valence-electron chi connectivity index (χ3n) is 3.24. The van der Waals surface area contributed by atoms with Crippen molar-refractivity contribution in [3.05, 3.63) is 57.4 Å². The van der Waals surface area contributed by atoms with E-state index in [1.165, 1.54) is 0 Å². The highest BCUT2D eigenvalue weighted by molar-refractivity contribution is 14.1. The van der Waals surface area contributed by atoms with Crippen LogP contribution in [0.5, 0.6) is 5.75 Å². The molecule has 4 nitrogen and oxygen atoms in total. The van der Waals surface area contributed by atoms with Crippen LogP contribution in [0.25, 0.3) is 0 Å². The average Bonchev–Trinajstić information content (AvgIpc) is 2.63. The number of hydrogen-bond donors (Lipinski definition) is 2. The normalized spacial score (nSPS) is 25.6. The molecule has 1 aliphatic heterocycles. The lowest BCUT2D eigenvalue weighted by molar-refractivity contribution is 0.177. The van der Waals surface area contributed by atoms with Gasteiger partial charge < -0.3 is 10.5 Å². The summed E-state index contributed by atoms with van der Waals surface area (Å²) in [6.07, 6.45) is 2.75. The molecule has 3 rings (SSSR count). The van der Waals surface area contributed by atoms with Gasteiger partial charge in [0, 0.05) is 15.3 Å². The van der Waals surface area contributed by atoms with E-state index in [4.69, 9.17) is 16.2 Å². The van der Waals surface area contributed by atoms with Crippen molar-refractivity contribution in [2.24, 2.45) is 11.5 Å². The Hall–Kier alpha value is -1.18. The summed E-state index contributed by atoms with van der Waals surface area (Å²) in [5, 5.41) is 0. The molecule has 0 spiro atoms. The topological polar surface area (TPSA) is 74.2 Å². The van der Waals surface area contributed by atoms with E-state index >= 15 is 0 Å². The van der Waals surface area contributed by atoms with Crippen LogP contribution in [0.3, 0.4) is 0 Å². The minimum absolute atomic E-state index is 0.602. The Bertz CT molecular complexity index is 604. The molecule has 4 N–H and O–H groups in total. The molecular formula is C13H12IN3O. The molecule has 0 amide bonds. The van der Waals surface area contributed by atoms with Gasteiger partial charge in [0.2, 0.25) is 0 Å². The largest absolute Gasteiger partial charge is 0.471 e. The standard InChI is InChI=1S/C13H12IN3O/c14-9-3-1-2-8(6-9)13(16)10-4-5-17-7-11(10)18-12(13)15/h1-7,12H,15-16H2. The van der Waals surface area contributed by atoms with Gasteiger partial charge in [0.15, 0.2) is 6.23 Å². The Labute approximate surface area is 118 Å². The van der Waals surface area contributed by atoms with Crippen LogP contribution in [0.1, 0.15) is 11.1 Å². The summed E-state index contributed by atoms with van der Waals surface area (Å²) >= 11 is 2.26. The van der Waals surface area contributed by atoms with Gasteiger partial charge in [-0.2, -0.15) is 0 Å². The van der Waals surface area contributed by atoms with Crippen LogP contribution in [0.2, 0.25) is 0 Å². The molecule has 2 heterocycles. The second-order valence-corrected chi connectivity index (χ2v) is 5.54. The molecule has 2 atom stereocenters. The number of ether oxygens (including phenoxy) is 1. The van der Waals surface area contributed by atoms with Crippen LogP contribution in [0.15, 0.2) is 42.7 Å². The fourth-order valence-corrected chi connectivity index (χ4v) is 2.81. The number of pyridine rings is 1. The average molecular weight is 353 g/mol. The molecular weight excluding hydrogens is 341 g/mol. The highest BCUT2D eigenvalue weighted by Crippen LogP contribution is 2.41. The van der Waals surface area contributed by atoms with E-state index in [9.17, 15) is 0 Å². The molecule has 5 heteroatoms. The van der Waals surface area contributed by atoms with Crippen molar-refractivity contribution >= 4 is 22.6 Å². The number of benzene rings is 1. The smallest absolute Gasteiger partial charge is 0.174 e. The van der Waals surface area contributed by atoms with Crippen molar-refractivity contribution in [1.29, 1.82) is 0 Å². The Morgan fingerprint density at radius 1 is 1.33 bits per heavy atom. The molecule has 2 unspecified atom stereocenters. The minimum Gasteiger partial charge on any atom is -0.471 e. The quantitative estimate of drug-likeness (QED) is 0.764. The number of fused-ring (bicyclic) bond motifs is 1. The van der Waals surface area contributed by atoms with Crippen molar-refractivity contribution < 1.29 is 4.74 Å². The second kappa shape index (κ2) is 4.18. The zero-order valence-electron chi connectivity index (χ0n) is 9.51. The summed E-state index contributed by atoms with van der Waals surface area (Å²) in [7, 11) is 0. The van der Waals surface area contributed by atoms with Gasteiger partial charge in [0.05, 0.1) is 6.20 Å². The lowest BCUT2D eigenvalue weighted by Crippen LogP contribution is -2.52. The van der Waals surface area contributed by atoms with Gasteiger partial charge in [-0.05, 0) is 46.4 Å². The molecule has 0 aliphatic carbocycles. The van der Waals surface area contributed by atoms with Gasteiger partial charge in [0.25, 0.3) is 0 Å². The van der Waals surface area contributed by atoms with Crippen molar-refractivity contribution in [2.45, 2.75) is 11.8 Å². The highest BCUT2D eigenvalue weighted by Gasteiger charge is 2.45. The number of halogens is 1. The van der Waals surface area contributed by atoms with E-state index in [2.05, 4.69) is 27.6 Å². The monoisotopic (exact) mass is 353 g/mol. The van der Waals surface area contributed by atoms with Crippen molar-refractivity contribution in [1.82, 2.24) is 4.98 Å². The molecule has 1 aromatic heterocycles. The third-order valence-corrected chi connectivity index (χ3v) is 3.91. The Morgan fingerprint density at radius 2 is 2.17 bits per heavy atom. The predicted octanol–water partition coefficient (Wildman–Crippen LogP) is 1.57. The highest BCUT2D eigenvalue weighted by atomic mass is 127. The summed E-state index contributed by atoms with van der Waals surface area (Å²) in [5.74, 6) is 0.659. The molecule has 0 radical (unpaired) electrons. The first kappa shape index (κ1) is 11.9. The van der Waals surface area contributed by atoms with E-state index in [-0.39, 0.29) is 0 Å². The van der Waals surface area contributed by atoms with E-state index in [0.717, 1.165) is 14.7 Å².